The molecule has 122 valence electrons. The molecule has 0 saturated carbocycles. The van der Waals surface area contributed by atoms with Crippen molar-refractivity contribution in [3.05, 3.63) is 46.7 Å². The molecule has 0 radical (unpaired) electrons. The second-order valence-electron chi connectivity index (χ2n) is 4.88. The van der Waals surface area contributed by atoms with Crippen LogP contribution in [0.3, 0.4) is 0 Å². The molecule has 0 spiro atoms. The second-order valence-corrected chi connectivity index (χ2v) is 5.79. The number of rotatable bonds is 7. The van der Waals surface area contributed by atoms with Crippen LogP contribution in [0.1, 0.15) is 30.1 Å². The van der Waals surface area contributed by atoms with Crippen LogP contribution in [0.4, 0.5) is 0 Å². The third-order valence-corrected chi connectivity index (χ3v) is 3.55. The monoisotopic (exact) mass is 379 g/mol. The number of carbonyl (C=O) groups excluding carboxylic acids is 2. The molecule has 0 fully saturated rings. The molecular weight excluding hydrogens is 362 g/mol. The predicted molar refractivity (Wildman–Crippen MR) is 89.5 cm³/mol. The Kier molecular flexibility index (Phi) is 6.34. The van der Waals surface area contributed by atoms with Crippen LogP contribution in [0.15, 0.2) is 41.1 Å². The molecular formula is C16H18BrN3O3. The highest BCUT2D eigenvalue weighted by Crippen LogP contribution is 2.14. The van der Waals surface area contributed by atoms with Gasteiger partial charge >= 0.3 is 5.97 Å². The average Bonchev–Trinajstić information content (AvgIpc) is 3.03. The van der Waals surface area contributed by atoms with Gasteiger partial charge in [-0.1, -0.05) is 22.9 Å². The van der Waals surface area contributed by atoms with Gasteiger partial charge in [-0.3, -0.25) is 9.59 Å². The van der Waals surface area contributed by atoms with Gasteiger partial charge in [0, 0.05) is 17.2 Å². The zero-order valence-electron chi connectivity index (χ0n) is 12.8. The summed E-state index contributed by atoms with van der Waals surface area (Å²) in [6, 6.07) is 7.59. The molecule has 7 heteroatoms. The van der Waals surface area contributed by atoms with Gasteiger partial charge < -0.3 is 10.1 Å². The van der Waals surface area contributed by atoms with Crippen molar-refractivity contribution in [2.45, 2.75) is 19.8 Å². The Morgan fingerprint density at radius 1 is 1.30 bits per heavy atom. The van der Waals surface area contributed by atoms with E-state index in [2.05, 4.69) is 26.3 Å². The minimum Gasteiger partial charge on any atom is -0.466 e. The molecule has 2 aromatic rings. The molecule has 2 rings (SSSR count). The number of carbonyl (C=O) groups is 2. The third kappa shape index (κ3) is 5.21. The fourth-order valence-electron chi connectivity index (χ4n) is 1.84. The summed E-state index contributed by atoms with van der Waals surface area (Å²) in [5.74, 6) is -0.575. The summed E-state index contributed by atoms with van der Waals surface area (Å²) >= 11 is 3.37. The normalized spacial score (nSPS) is 10.3. The van der Waals surface area contributed by atoms with E-state index in [1.54, 1.807) is 10.9 Å². The number of hydrogen-bond donors (Lipinski definition) is 1. The SMILES string of the molecule is CCCOC(=O)CCNC(=O)c1cnn(-c2ccc(Br)cc2)c1. The quantitative estimate of drug-likeness (QED) is 0.750. The second kappa shape index (κ2) is 8.47. The number of nitrogens with one attached hydrogen (secondary N) is 1. The zero-order valence-corrected chi connectivity index (χ0v) is 14.4. The van der Waals surface area contributed by atoms with Crippen molar-refractivity contribution in [3.8, 4) is 5.69 Å². The fraction of sp³-hybridized carbons (Fsp3) is 0.312. The summed E-state index contributed by atoms with van der Waals surface area (Å²) in [5, 5.41) is 6.85. The molecule has 1 N–H and O–H groups in total. The largest absolute Gasteiger partial charge is 0.466 e. The molecule has 1 amide bonds. The molecule has 6 nitrogen and oxygen atoms in total. The van der Waals surface area contributed by atoms with E-state index in [0.717, 1.165) is 16.6 Å². The number of ether oxygens (including phenoxy) is 1. The van der Waals surface area contributed by atoms with E-state index in [0.29, 0.717) is 12.2 Å². The van der Waals surface area contributed by atoms with Gasteiger partial charge in [0.2, 0.25) is 0 Å². The number of benzene rings is 1. The van der Waals surface area contributed by atoms with Gasteiger partial charge in [0.05, 0.1) is 30.5 Å². The highest BCUT2D eigenvalue weighted by Gasteiger charge is 2.10. The average molecular weight is 380 g/mol. The van der Waals surface area contributed by atoms with Crippen LogP contribution < -0.4 is 5.32 Å². The highest BCUT2D eigenvalue weighted by atomic mass is 79.9. The first-order valence-corrected chi connectivity index (χ1v) is 8.14. The first-order valence-electron chi connectivity index (χ1n) is 7.34. The van der Waals surface area contributed by atoms with Crippen molar-refractivity contribution < 1.29 is 14.3 Å². The van der Waals surface area contributed by atoms with Gasteiger partial charge in [-0.25, -0.2) is 4.68 Å². The maximum absolute atomic E-state index is 12.0. The van der Waals surface area contributed by atoms with E-state index >= 15 is 0 Å². The Morgan fingerprint density at radius 2 is 2.04 bits per heavy atom. The van der Waals surface area contributed by atoms with Gasteiger partial charge in [0.15, 0.2) is 0 Å². The Hall–Kier alpha value is -2.15. The molecule has 0 atom stereocenters. The van der Waals surface area contributed by atoms with Crippen molar-refractivity contribution in [1.29, 1.82) is 0 Å². The van der Waals surface area contributed by atoms with Gasteiger partial charge in [0.25, 0.3) is 5.91 Å². The molecule has 0 unspecified atom stereocenters. The van der Waals surface area contributed by atoms with Crippen LogP contribution in [-0.2, 0) is 9.53 Å². The van der Waals surface area contributed by atoms with Crippen molar-refractivity contribution in [3.63, 3.8) is 0 Å². The topological polar surface area (TPSA) is 73.2 Å². The Balaban J connectivity index is 1.86. The van der Waals surface area contributed by atoms with Crippen LogP contribution in [0.5, 0.6) is 0 Å². The Labute approximate surface area is 143 Å². The van der Waals surface area contributed by atoms with Crippen molar-refractivity contribution >= 4 is 27.8 Å². The van der Waals surface area contributed by atoms with Crippen molar-refractivity contribution in [2.75, 3.05) is 13.2 Å². The van der Waals surface area contributed by atoms with E-state index in [-0.39, 0.29) is 24.8 Å². The lowest BCUT2D eigenvalue weighted by molar-refractivity contribution is -0.143. The molecule has 0 aliphatic heterocycles. The van der Waals surface area contributed by atoms with Crippen LogP contribution in [0.2, 0.25) is 0 Å². The summed E-state index contributed by atoms with van der Waals surface area (Å²) in [4.78, 5) is 23.4. The first-order chi connectivity index (χ1) is 11.1. The maximum atomic E-state index is 12.0. The minimum absolute atomic E-state index is 0.159. The highest BCUT2D eigenvalue weighted by molar-refractivity contribution is 9.10. The standard InChI is InChI=1S/C16H18BrN3O3/c1-2-9-23-15(21)7-8-18-16(22)12-10-19-20(11-12)14-5-3-13(17)4-6-14/h3-6,10-11H,2,7-9H2,1H3,(H,18,22). The number of hydrogen-bond acceptors (Lipinski definition) is 4. The Bertz CT molecular complexity index is 667. The minimum atomic E-state index is -0.308. The molecule has 0 aliphatic carbocycles. The Morgan fingerprint density at radius 3 is 2.74 bits per heavy atom. The number of esters is 1. The first kappa shape index (κ1) is 17.2. The van der Waals surface area contributed by atoms with Gasteiger partial charge in [0.1, 0.15) is 0 Å². The van der Waals surface area contributed by atoms with Crippen LogP contribution in [-0.4, -0.2) is 34.8 Å². The molecule has 1 heterocycles. The van der Waals surface area contributed by atoms with Gasteiger partial charge in [-0.15, -0.1) is 0 Å². The molecule has 23 heavy (non-hydrogen) atoms. The molecule has 1 aromatic carbocycles. The molecule has 0 bridgehead atoms. The number of amides is 1. The smallest absolute Gasteiger partial charge is 0.307 e. The lowest BCUT2D eigenvalue weighted by atomic mass is 10.3. The van der Waals surface area contributed by atoms with E-state index < -0.39 is 0 Å². The summed E-state index contributed by atoms with van der Waals surface area (Å²) in [6.07, 6.45) is 4.08. The lowest BCUT2D eigenvalue weighted by Gasteiger charge is -2.04. The van der Waals surface area contributed by atoms with Crippen LogP contribution in [0.25, 0.3) is 5.69 Å². The van der Waals surface area contributed by atoms with Crippen LogP contribution >= 0.6 is 15.9 Å². The van der Waals surface area contributed by atoms with E-state index in [1.165, 1.54) is 6.20 Å². The number of aromatic nitrogens is 2. The molecule has 1 aromatic heterocycles. The summed E-state index contributed by atoms with van der Waals surface area (Å²) in [5.41, 5.74) is 1.30. The lowest BCUT2D eigenvalue weighted by Crippen LogP contribution is -2.26. The van der Waals surface area contributed by atoms with E-state index in [9.17, 15) is 9.59 Å². The summed E-state index contributed by atoms with van der Waals surface area (Å²) < 4.78 is 7.54. The maximum Gasteiger partial charge on any atom is 0.307 e. The summed E-state index contributed by atoms with van der Waals surface area (Å²) in [6.45, 7) is 2.58. The van der Waals surface area contributed by atoms with Gasteiger partial charge in [-0.2, -0.15) is 5.10 Å². The third-order valence-electron chi connectivity index (χ3n) is 3.02. The molecule has 0 aliphatic rings. The van der Waals surface area contributed by atoms with Crippen molar-refractivity contribution in [1.82, 2.24) is 15.1 Å². The van der Waals surface area contributed by atoms with E-state index in [1.807, 2.05) is 31.2 Å². The van der Waals surface area contributed by atoms with E-state index in [4.69, 9.17) is 4.74 Å². The fourth-order valence-corrected chi connectivity index (χ4v) is 2.11. The zero-order chi connectivity index (χ0) is 16.7. The molecule has 0 saturated heterocycles. The number of halogens is 1. The number of nitrogens with zero attached hydrogens (tertiary/aromatic N) is 2. The predicted octanol–water partition coefficient (Wildman–Crippen LogP) is 2.71. The van der Waals surface area contributed by atoms with Gasteiger partial charge in [-0.05, 0) is 30.7 Å². The van der Waals surface area contributed by atoms with Crippen LogP contribution in [0, 0.1) is 0 Å². The van der Waals surface area contributed by atoms with Crippen molar-refractivity contribution in [2.24, 2.45) is 0 Å². The summed E-state index contributed by atoms with van der Waals surface area (Å²) in [7, 11) is 0.